The van der Waals surface area contributed by atoms with Crippen LogP contribution in [0.15, 0.2) is 30.3 Å². The molecule has 19 heavy (non-hydrogen) atoms. The Kier molecular flexibility index (Phi) is 3.67. The standard InChI is InChI=1S/C15H14N2O2/c1-3-17-13(16-11(2)14(17)15(18)19)10-9-12-7-5-4-6-8-12/h4-8H,3H2,1-2H3,(H,18,19). The molecule has 1 aromatic heterocycles. The van der Waals surface area contributed by atoms with E-state index in [1.54, 1.807) is 11.5 Å². The summed E-state index contributed by atoms with van der Waals surface area (Å²) in [5.41, 5.74) is 1.58. The summed E-state index contributed by atoms with van der Waals surface area (Å²) in [6, 6.07) is 9.54. The van der Waals surface area contributed by atoms with Gasteiger partial charge in [-0.15, -0.1) is 0 Å². The zero-order valence-electron chi connectivity index (χ0n) is 10.8. The summed E-state index contributed by atoms with van der Waals surface area (Å²) >= 11 is 0. The third-order valence-electron chi connectivity index (χ3n) is 2.75. The van der Waals surface area contributed by atoms with Gasteiger partial charge in [-0.3, -0.25) is 0 Å². The van der Waals surface area contributed by atoms with Crippen molar-refractivity contribution in [2.24, 2.45) is 0 Å². The number of hydrogen-bond acceptors (Lipinski definition) is 2. The number of aromatic carboxylic acids is 1. The number of hydrogen-bond donors (Lipinski definition) is 1. The summed E-state index contributed by atoms with van der Waals surface area (Å²) in [4.78, 5) is 15.4. The summed E-state index contributed by atoms with van der Waals surface area (Å²) in [5, 5.41) is 9.17. The van der Waals surface area contributed by atoms with Crippen LogP contribution in [0.3, 0.4) is 0 Å². The van der Waals surface area contributed by atoms with Gasteiger partial charge >= 0.3 is 5.97 Å². The first-order valence-corrected chi connectivity index (χ1v) is 6.01. The van der Waals surface area contributed by atoms with Crippen LogP contribution >= 0.6 is 0 Å². The average Bonchev–Trinajstić information content (AvgIpc) is 2.73. The number of rotatable bonds is 2. The minimum absolute atomic E-state index is 0.208. The van der Waals surface area contributed by atoms with Gasteiger partial charge < -0.3 is 9.67 Å². The number of carboxylic acid groups (broad SMARTS) is 1. The maximum atomic E-state index is 11.2. The number of imidazole rings is 1. The lowest BCUT2D eigenvalue weighted by atomic mass is 10.2. The second kappa shape index (κ2) is 5.40. The lowest BCUT2D eigenvalue weighted by Gasteiger charge is -2.02. The van der Waals surface area contributed by atoms with E-state index in [0.717, 1.165) is 5.56 Å². The molecule has 2 aromatic rings. The molecule has 0 bridgehead atoms. The van der Waals surface area contributed by atoms with Gasteiger partial charge in [-0.1, -0.05) is 24.1 Å². The van der Waals surface area contributed by atoms with Gasteiger partial charge in [-0.25, -0.2) is 9.78 Å². The largest absolute Gasteiger partial charge is 0.477 e. The number of carboxylic acids is 1. The molecule has 0 aliphatic carbocycles. The third kappa shape index (κ3) is 2.66. The lowest BCUT2D eigenvalue weighted by Crippen LogP contribution is -2.09. The molecule has 0 saturated heterocycles. The van der Waals surface area contributed by atoms with Crippen LogP contribution in [0.4, 0.5) is 0 Å². The highest BCUT2D eigenvalue weighted by Gasteiger charge is 2.17. The minimum Gasteiger partial charge on any atom is -0.477 e. The van der Waals surface area contributed by atoms with Gasteiger partial charge in [0, 0.05) is 12.1 Å². The smallest absolute Gasteiger partial charge is 0.354 e. The van der Waals surface area contributed by atoms with Gasteiger partial charge in [0.05, 0.1) is 5.69 Å². The Morgan fingerprint density at radius 1 is 1.32 bits per heavy atom. The maximum Gasteiger partial charge on any atom is 0.354 e. The molecule has 0 aliphatic rings. The van der Waals surface area contributed by atoms with Crippen molar-refractivity contribution < 1.29 is 9.90 Å². The van der Waals surface area contributed by atoms with E-state index in [2.05, 4.69) is 16.8 Å². The summed E-state index contributed by atoms with van der Waals surface area (Å²) in [6.07, 6.45) is 0. The van der Waals surface area contributed by atoms with Crippen molar-refractivity contribution in [3.63, 3.8) is 0 Å². The van der Waals surface area contributed by atoms with Crippen LogP contribution in [0.2, 0.25) is 0 Å². The summed E-state index contributed by atoms with van der Waals surface area (Å²) in [5.74, 6) is 5.44. The van der Waals surface area contributed by atoms with E-state index in [1.807, 2.05) is 37.3 Å². The molecule has 0 unspecified atom stereocenters. The SMILES string of the molecule is CCn1c(C#Cc2ccccc2)nc(C)c1C(=O)O. The van der Waals surface area contributed by atoms with Crippen molar-refractivity contribution in [2.75, 3.05) is 0 Å². The Balaban J connectivity index is 2.45. The summed E-state index contributed by atoms with van der Waals surface area (Å²) in [6.45, 7) is 4.09. The topological polar surface area (TPSA) is 55.1 Å². The highest BCUT2D eigenvalue weighted by Crippen LogP contribution is 2.11. The molecule has 4 heteroatoms. The van der Waals surface area contributed by atoms with E-state index in [1.165, 1.54) is 0 Å². The van der Waals surface area contributed by atoms with Crippen LogP contribution in [0.1, 0.15) is 34.5 Å². The highest BCUT2D eigenvalue weighted by atomic mass is 16.4. The Morgan fingerprint density at radius 2 is 2.00 bits per heavy atom. The Morgan fingerprint density at radius 3 is 2.58 bits per heavy atom. The quantitative estimate of drug-likeness (QED) is 0.837. The number of aryl methyl sites for hydroxylation is 1. The van der Waals surface area contributed by atoms with Gasteiger partial charge in [0.25, 0.3) is 0 Å². The molecular weight excluding hydrogens is 240 g/mol. The molecule has 1 aromatic carbocycles. The zero-order valence-corrected chi connectivity index (χ0v) is 10.8. The molecule has 0 radical (unpaired) electrons. The summed E-state index contributed by atoms with van der Waals surface area (Å²) < 4.78 is 1.62. The fraction of sp³-hybridized carbons (Fsp3) is 0.200. The molecule has 96 valence electrons. The van der Waals surface area contributed by atoms with Crippen molar-refractivity contribution in [1.29, 1.82) is 0 Å². The van der Waals surface area contributed by atoms with Crippen LogP contribution in [-0.2, 0) is 6.54 Å². The predicted molar refractivity (Wildman–Crippen MR) is 72.0 cm³/mol. The van der Waals surface area contributed by atoms with E-state index in [-0.39, 0.29) is 5.69 Å². The molecule has 0 amide bonds. The van der Waals surface area contributed by atoms with Crippen molar-refractivity contribution in [3.8, 4) is 11.8 Å². The molecule has 0 spiro atoms. The van der Waals surface area contributed by atoms with Crippen molar-refractivity contribution in [3.05, 3.63) is 53.1 Å². The predicted octanol–water partition coefficient (Wildman–Crippen LogP) is 2.31. The molecule has 0 saturated carbocycles. The van der Waals surface area contributed by atoms with E-state index in [4.69, 9.17) is 5.11 Å². The first kappa shape index (κ1) is 12.9. The van der Waals surface area contributed by atoms with Crippen LogP contribution in [0.25, 0.3) is 0 Å². The second-order valence-electron chi connectivity index (χ2n) is 4.03. The normalized spacial score (nSPS) is 9.79. The number of nitrogens with zero attached hydrogens (tertiary/aromatic N) is 2. The Hall–Kier alpha value is -2.54. The van der Waals surface area contributed by atoms with Crippen molar-refractivity contribution in [1.82, 2.24) is 9.55 Å². The van der Waals surface area contributed by atoms with Crippen molar-refractivity contribution in [2.45, 2.75) is 20.4 Å². The van der Waals surface area contributed by atoms with Crippen LogP contribution in [0, 0.1) is 18.8 Å². The Labute approximate surface area is 111 Å². The van der Waals surface area contributed by atoms with Gasteiger partial charge in [0.15, 0.2) is 11.5 Å². The first-order chi connectivity index (χ1) is 9.13. The minimum atomic E-state index is -0.973. The highest BCUT2D eigenvalue weighted by molar-refractivity contribution is 5.87. The van der Waals surface area contributed by atoms with E-state index in [0.29, 0.717) is 18.1 Å². The summed E-state index contributed by atoms with van der Waals surface area (Å²) in [7, 11) is 0. The molecular formula is C15H14N2O2. The van der Waals surface area contributed by atoms with E-state index < -0.39 is 5.97 Å². The zero-order chi connectivity index (χ0) is 13.8. The van der Waals surface area contributed by atoms with Gasteiger partial charge in [-0.2, -0.15) is 0 Å². The fourth-order valence-electron chi connectivity index (χ4n) is 1.90. The van der Waals surface area contributed by atoms with Crippen LogP contribution < -0.4 is 0 Å². The van der Waals surface area contributed by atoms with Gasteiger partial charge in [-0.05, 0) is 31.9 Å². The molecule has 0 fully saturated rings. The monoisotopic (exact) mass is 254 g/mol. The number of benzene rings is 1. The fourth-order valence-corrected chi connectivity index (χ4v) is 1.90. The van der Waals surface area contributed by atoms with E-state index in [9.17, 15) is 4.79 Å². The maximum absolute atomic E-state index is 11.2. The Bertz CT molecular complexity index is 661. The van der Waals surface area contributed by atoms with Crippen molar-refractivity contribution >= 4 is 5.97 Å². The second-order valence-corrected chi connectivity index (χ2v) is 4.03. The number of aromatic nitrogens is 2. The molecule has 1 N–H and O–H groups in total. The lowest BCUT2D eigenvalue weighted by molar-refractivity contribution is 0.0684. The van der Waals surface area contributed by atoms with Gasteiger partial charge in [0.2, 0.25) is 0 Å². The average molecular weight is 254 g/mol. The molecule has 2 rings (SSSR count). The molecule has 4 nitrogen and oxygen atoms in total. The molecule has 0 atom stereocenters. The third-order valence-corrected chi connectivity index (χ3v) is 2.75. The van der Waals surface area contributed by atoms with E-state index >= 15 is 0 Å². The van der Waals surface area contributed by atoms with Gasteiger partial charge in [0.1, 0.15) is 0 Å². The molecule has 0 aliphatic heterocycles. The molecule has 1 heterocycles. The van der Waals surface area contributed by atoms with Crippen LogP contribution in [0.5, 0.6) is 0 Å². The van der Waals surface area contributed by atoms with Crippen LogP contribution in [-0.4, -0.2) is 20.6 Å². The first-order valence-electron chi connectivity index (χ1n) is 6.01. The number of carbonyl (C=O) groups is 1.